The van der Waals surface area contributed by atoms with E-state index < -0.39 is 15.4 Å². The number of fused-ring (bicyclic) bond motifs is 1. The predicted octanol–water partition coefficient (Wildman–Crippen LogP) is 4.90. The van der Waals surface area contributed by atoms with Crippen LogP contribution in [0.3, 0.4) is 0 Å². The summed E-state index contributed by atoms with van der Waals surface area (Å²) in [7, 11) is -3.76. The number of hydrogen-bond acceptors (Lipinski definition) is 4. The zero-order chi connectivity index (χ0) is 23.0. The van der Waals surface area contributed by atoms with Crippen molar-refractivity contribution < 1.29 is 17.9 Å². The molecule has 0 spiro atoms. The van der Waals surface area contributed by atoms with Crippen molar-refractivity contribution in [3.05, 3.63) is 47.5 Å². The van der Waals surface area contributed by atoms with E-state index in [0.717, 1.165) is 12.0 Å². The van der Waals surface area contributed by atoms with E-state index in [0.29, 0.717) is 35.2 Å². The fourth-order valence-corrected chi connectivity index (χ4v) is 4.91. The maximum absolute atomic E-state index is 13.1. The number of ether oxygens (including phenoxy) is 1. The van der Waals surface area contributed by atoms with Gasteiger partial charge in [0.15, 0.2) is 0 Å². The molecule has 2 aromatic rings. The normalized spacial score (nSPS) is 16.0. The van der Waals surface area contributed by atoms with Gasteiger partial charge in [-0.25, -0.2) is 8.42 Å². The van der Waals surface area contributed by atoms with Crippen LogP contribution in [0.2, 0.25) is 0 Å². The molecule has 0 saturated heterocycles. The van der Waals surface area contributed by atoms with E-state index in [4.69, 9.17) is 4.74 Å². The standard InChI is InChI=1S/C24H32N2O4S/c1-16(2)11-12-26-20-10-9-19(14-21(20)30-15-24(5,6)23(26)27)25-31(28,29)22-13-17(3)7-8-18(22)4/h7-10,13-14,16,25H,11-12,15H2,1-6H3. The topological polar surface area (TPSA) is 75.7 Å². The summed E-state index contributed by atoms with van der Waals surface area (Å²) >= 11 is 0. The average molecular weight is 445 g/mol. The highest BCUT2D eigenvalue weighted by Gasteiger charge is 2.37. The summed E-state index contributed by atoms with van der Waals surface area (Å²) in [6.45, 7) is 12.4. The van der Waals surface area contributed by atoms with E-state index in [2.05, 4.69) is 18.6 Å². The fourth-order valence-electron chi connectivity index (χ4n) is 3.53. The van der Waals surface area contributed by atoms with E-state index in [9.17, 15) is 13.2 Å². The molecule has 0 aromatic heterocycles. The van der Waals surface area contributed by atoms with Crippen molar-refractivity contribution in [3.63, 3.8) is 0 Å². The second-order valence-electron chi connectivity index (χ2n) is 9.37. The Bertz CT molecular complexity index is 1090. The number of rotatable bonds is 6. The highest BCUT2D eigenvalue weighted by molar-refractivity contribution is 7.92. The van der Waals surface area contributed by atoms with Gasteiger partial charge in [-0.2, -0.15) is 0 Å². The Balaban J connectivity index is 1.96. The van der Waals surface area contributed by atoms with Gasteiger partial charge in [0.25, 0.3) is 10.0 Å². The summed E-state index contributed by atoms with van der Waals surface area (Å²) in [5, 5.41) is 0. The molecule has 0 unspecified atom stereocenters. The maximum Gasteiger partial charge on any atom is 0.262 e. The molecule has 6 nitrogen and oxygen atoms in total. The summed E-state index contributed by atoms with van der Waals surface area (Å²) in [5.41, 5.74) is 1.95. The van der Waals surface area contributed by atoms with E-state index in [1.54, 1.807) is 42.2 Å². The molecule has 1 amide bonds. The second kappa shape index (κ2) is 8.54. The Kier molecular flexibility index (Phi) is 6.37. The minimum Gasteiger partial charge on any atom is -0.490 e. The lowest BCUT2D eigenvalue weighted by atomic mass is 9.92. The van der Waals surface area contributed by atoms with Crippen LogP contribution >= 0.6 is 0 Å². The molecule has 1 aliphatic rings. The van der Waals surface area contributed by atoms with Gasteiger partial charge in [0.1, 0.15) is 12.4 Å². The number of amides is 1. The number of benzene rings is 2. The van der Waals surface area contributed by atoms with Crippen LogP contribution < -0.4 is 14.4 Å². The van der Waals surface area contributed by atoms with Gasteiger partial charge >= 0.3 is 0 Å². The summed E-state index contributed by atoms with van der Waals surface area (Å²) in [5.74, 6) is 0.964. The third-order valence-electron chi connectivity index (χ3n) is 5.48. The smallest absolute Gasteiger partial charge is 0.262 e. The molecule has 0 radical (unpaired) electrons. The molecule has 3 rings (SSSR count). The van der Waals surface area contributed by atoms with Crippen LogP contribution in [0.4, 0.5) is 11.4 Å². The van der Waals surface area contributed by atoms with Gasteiger partial charge in [-0.1, -0.05) is 26.0 Å². The first-order valence-corrected chi connectivity index (χ1v) is 12.1. The molecule has 7 heteroatoms. The number of nitrogens with one attached hydrogen (secondary N) is 1. The van der Waals surface area contributed by atoms with E-state index in [1.165, 1.54) is 0 Å². The Morgan fingerprint density at radius 3 is 2.52 bits per heavy atom. The number of carbonyl (C=O) groups is 1. The lowest BCUT2D eigenvalue weighted by Gasteiger charge is -2.28. The molecular formula is C24H32N2O4S. The van der Waals surface area contributed by atoms with Crippen molar-refractivity contribution in [2.45, 2.75) is 52.9 Å². The van der Waals surface area contributed by atoms with Crippen LogP contribution in [0, 0.1) is 25.2 Å². The van der Waals surface area contributed by atoms with Gasteiger partial charge < -0.3 is 9.64 Å². The molecule has 31 heavy (non-hydrogen) atoms. The number of nitrogens with zero attached hydrogens (tertiary/aromatic N) is 1. The first kappa shape index (κ1) is 23.1. The largest absolute Gasteiger partial charge is 0.490 e. The number of carbonyl (C=O) groups excluding carboxylic acids is 1. The lowest BCUT2D eigenvalue weighted by molar-refractivity contribution is -0.127. The first-order valence-electron chi connectivity index (χ1n) is 10.6. The number of anilines is 2. The summed E-state index contributed by atoms with van der Waals surface area (Å²) < 4.78 is 34.6. The Morgan fingerprint density at radius 2 is 1.84 bits per heavy atom. The molecule has 0 atom stereocenters. The molecule has 0 saturated carbocycles. The third-order valence-corrected chi connectivity index (χ3v) is 7.00. The van der Waals surface area contributed by atoms with Crippen molar-refractivity contribution in [3.8, 4) is 5.75 Å². The van der Waals surface area contributed by atoms with Gasteiger partial charge in [0.2, 0.25) is 5.91 Å². The Labute approximate surface area is 185 Å². The van der Waals surface area contributed by atoms with Crippen LogP contribution in [-0.2, 0) is 14.8 Å². The highest BCUT2D eigenvalue weighted by atomic mass is 32.2. The minimum absolute atomic E-state index is 0.00983. The van der Waals surface area contributed by atoms with Gasteiger partial charge in [-0.15, -0.1) is 0 Å². The molecule has 1 N–H and O–H groups in total. The van der Waals surface area contributed by atoms with Gasteiger partial charge in [-0.05, 0) is 69.4 Å². The first-order chi connectivity index (χ1) is 14.4. The maximum atomic E-state index is 13.1. The average Bonchev–Trinajstić information content (AvgIpc) is 2.77. The van der Waals surface area contributed by atoms with Gasteiger partial charge in [0.05, 0.1) is 21.7 Å². The Hall–Kier alpha value is -2.54. The summed E-state index contributed by atoms with van der Waals surface area (Å²) in [6, 6.07) is 10.4. The minimum atomic E-state index is -3.76. The van der Waals surface area contributed by atoms with E-state index in [1.807, 2.05) is 26.8 Å². The van der Waals surface area contributed by atoms with Crippen LogP contribution in [-0.4, -0.2) is 27.5 Å². The quantitative estimate of drug-likeness (QED) is 0.687. The zero-order valence-electron chi connectivity index (χ0n) is 19.2. The van der Waals surface area contributed by atoms with Crippen LogP contribution in [0.25, 0.3) is 0 Å². The molecule has 0 fully saturated rings. The van der Waals surface area contributed by atoms with Crippen molar-refractivity contribution in [1.29, 1.82) is 0 Å². The molecule has 1 heterocycles. The van der Waals surface area contributed by atoms with Crippen LogP contribution in [0.1, 0.15) is 45.2 Å². The van der Waals surface area contributed by atoms with Crippen LogP contribution in [0.5, 0.6) is 5.75 Å². The molecule has 2 aromatic carbocycles. The van der Waals surface area contributed by atoms with Crippen molar-refractivity contribution in [1.82, 2.24) is 0 Å². The molecule has 168 valence electrons. The SMILES string of the molecule is Cc1ccc(C)c(S(=O)(=O)Nc2ccc3c(c2)OCC(C)(C)C(=O)N3CCC(C)C)c1. The van der Waals surface area contributed by atoms with Gasteiger partial charge in [0, 0.05) is 12.6 Å². The second-order valence-corrected chi connectivity index (χ2v) is 11.0. The monoisotopic (exact) mass is 444 g/mol. The zero-order valence-corrected chi connectivity index (χ0v) is 20.0. The number of sulfonamides is 1. The number of hydrogen-bond donors (Lipinski definition) is 1. The lowest BCUT2D eigenvalue weighted by Crippen LogP contribution is -2.42. The molecule has 0 bridgehead atoms. The van der Waals surface area contributed by atoms with Crippen LogP contribution in [0.15, 0.2) is 41.3 Å². The predicted molar refractivity (Wildman–Crippen MR) is 124 cm³/mol. The van der Waals surface area contributed by atoms with Crippen molar-refractivity contribution in [2.75, 3.05) is 22.8 Å². The Morgan fingerprint density at radius 1 is 1.13 bits per heavy atom. The van der Waals surface area contributed by atoms with Crippen molar-refractivity contribution in [2.24, 2.45) is 11.3 Å². The third kappa shape index (κ3) is 5.03. The molecular weight excluding hydrogens is 412 g/mol. The molecule has 0 aliphatic carbocycles. The van der Waals surface area contributed by atoms with Crippen molar-refractivity contribution >= 4 is 27.3 Å². The number of aryl methyl sites for hydroxylation is 2. The van der Waals surface area contributed by atoms with E-state index >= 15 is 0 Å². The summed E-state index contributed by atoms with van der Waals surface area (Å²) in [4.78, 5) is 15.2. The fraction of sp³-hybridized carbons (Fsp3) is 0.458. The van der Waals surface area contributed by atoms with Gasteiger partial charge in [-0.3, -0.25) is 9.52 Å². The highest BCUT2D eigenvalue weighted by Crippen LogP contribution is 2.39. The summed E-state index contributed by atoms with van der Waals surface area (Å²) in [6.07, 6.45) is 0.863. The molecule has 1 aliphatic heterocycles. The van der Waals surface area contributed by atoms with E-state index in [-0.39, 0.29) is 17.4 Å².